The molecule has 112 valence electrons. The van der Waals surface area contributed by atoms with E-state index in [4.69, 9.17) is 4.52 Å². The van der Waals surface area contributed by atoms with Crippen LogP contribution in [0.4, 0.5) is 0 Å². The number of hydrogen-bond donors (Lipinski definition) is 1. The number of phenols is 1. The minimum Gasteiger partial charge on any atom is -0.508 e. The van der Waals surface area contributed by atoms with E-state index in [1.807, 2.05) is 19.1 Å². The van der Waals surface area contributed by atoms with Crippen LogP contribution in [0.2, 0.25) is 0 Å². The summed E-state index contributed by atoms with van der Waals surface area (Å²) in [5.41, 5.74) is 2.27. The molecule has 2 aromatic rings. The molecule has 4 nitrogen and oxygen atoms in total. The number of aromatic hydroxyl groups is 1. The lowest BCUT2D eigenvalue weighted by Gasteiger charge is -2.28. The predicted octanol–water partition coefficient (Wildman–Crippen LogP) is 3.81. The maximum absolute atomic E-state index is 9.40. The van der Waals surface area contributed by atoms with Gasteiger partial charge in [-0.2, -0.15) is 0 Å². The highest BCUT2D eigenvalue weighted by molar-refractivity contribution is 5.26. The number of nitrogens with zero attached hydrogens (tertiary/aromatic N) is 2. The Morgan fingerprint density at radius 2 is 2.05 bits per heavy atom. The summed E-state index contributed by atoms with van der Waals surface area (Å²) in [5, 5.41) is 13.6. The molecule has 4 heteroatoms. The SMILES string of the molecule is Cc1cc([C@@H]2CCCCCN2Cc2ccc(O)cc2)no1. The highest BCUT2D eigenvalue weighted by Crippen LogP contribution is 2.31. The van der Waals surface area contributed by atoms with Crippen molar-refractivity contribution in [2.75, 3.05) is 6.54 Å². The van der Waals surface area contributed by atoms with Gasteiger partial charge >= 0.3 is 0 Å². The fourth-order valence-corrected chi connectivity index (χ4v) is 3.07. The number of benzene rings is 1. The molecule has 1 atom stereocenters. The standard InChI is InChI=1S/C17H22N2O2/c1-13-11-16(18-21-13)17-5-3-2-4-10-19(17)12-14-6-8-15(20)9-7-14/h6-9,11,17,20H,2-5,10,12H2,1H3/t17-/m0/s1. The van der Waals surface area contributed by atoms with E-state index >= 15 is 0 Å². The smallest absolute Gasteiger partial charge is 0.133 e. The van der Waals surface area contributed by atoms with E-state index in [1.54, 1.807) is 12.1 Å². The first-order chi connectivity index (χ1) is 10.2. The van der Waals surface area contributed by atoms with Crippen molar-refractivity contribution in [2.45, 2.75) is 45.2 Å². The largest absolute Gasteiger partial charge is 0.508 e. The second-order valence-corrected chi connectivity index (χ2v) is 5.86. The van der Waals surface area contributed by atoms with Gasteiger partial charge in [-0.15, -0.1) is 0 Å². The Morgan fingerprint density at radius 3 is 2.76 bits per heavy atom. The van der Waals surface area contributed by atoms with Gasteiger partial charge in [-0.05, 0) is 44.0 Å². The van der Waals surface area contributed by atoms with E-state index in [0.717, 1.165) is 31.0 Å². The third kappa shape index (κ3) is 3.45. The number of likely N-dealkylation sites (tertiary alicyclic amines) is 1. The van der Waals surface area contributed by atoms with Crippen molar-refractivity contribution in [3.8, 4) is 5.75 Å². The zero-order valence-electron chi connectivity index (χ0n) is 12.5. The summed E-state index contributed by atoms with van der Waals surface area (Å²) in [6, 6.07) is 9.88. The fourth-order valence-electron chi connectivity index (χ4n) is 3.07. The van der Waals surface area contributed by atoms with Crippen LogP contribution in [0.5, 0.6) is 5.75 Å². The van der Waals surface area contributed by atoms with Crippen molar-refractivity contribution in [2.24, 2.45) is 0 Å². The molecule has 1 aliphatic rings. The molecule has 1 aromatic carbocycles. The molecule has 3 rings (SSSR count). The van der Waals surface area contributed by atoms with Crippen molar-refractivity contribution in [3.05, 3.63) is 47.3 Å². The first kappa shape index (κ1) is 14.1. The number of rotatable bonds is 3. The summed E-state index contributed by atoms with van der Waals surface area (Å²) in [4.78, 5) is 2.48. The van der Waals surface area contributed by atoms with E-state index in [2.05, 4.69) is 16.1 Å². The first-order valence-corrected chi connectivity index (χ1v) is 7.67. The Kier molecular flexibility index (Phi) is 4.25. The van der Waals surface area contributed by atoms with Crippen molar-refractivity contribution in [1.82, 2.24) is 10.1 Å². The van der Waals surface area contributed by atoms with Crippen LogP contribution in [-0.4, -0.2) is 21.7 Å². The fraction of sp³-hybridized carbons (Fsp3) is 0.471. The number of hydrogen-bond acceptors (Lipinski definition) is 4. The molecule has 0 unspecified atom stereocenters. The summed E-state index contributed by atoms with van der Waals surface area (Å²) in [5.74, 6) is 1.19. The van der Waals surface area contributed by atoms with E-state index in [0.29, 0.717) is 11.8 Å². The number of aromatic nitrogens is 1. The molecular weight excluding hydrogens is 264 g/mol. The van der Waals surface area contributed by atoms with E-state index in [1.165, 1.54) is 24.8 Å². The van der Waals surface area contributed by atoms with Crippen LogP contribution in [0, 0.1) is 6.92 Å². The molecule has 0 amide bonds. The minimum atomic E-state index is 0.318. The van der Waals surface area contributed by atoms with Gasteiger partial charge in [0.05, 0.1) is 6.04 Å². The lowest BCUT2D eigenvalue weighted by Crippen LogP contribution is -2.28. The average molecular weight is 286 g/mol. The molecule has 0 saturated carbocycles. The van der Waals surface area contributed by atoms with Crippen molar-refractivity contribution < 1.29 is 9.63 Å². The Morgan fingerprint density at radius 1 is 1.24 bits per heavy atom. The Balaban J connectivity index is 1.80. The van der Waals surface area contributed by atoms with Crippen LogP contribution in [0.25, 0.3) is 0 Å². The highest BCUT2D eigenvalue weighted by Gasteiger charge is 2.25. The maximum Gasteiger partial charge on any atom is 0.133 e. The lowest BCUT2D eigenvalue weighted by atomic mass is 10.1. The van der Waals surface area contributed by atoms with Gasteiger partial charge in [0.1, 0.15) is 17.2 Å². The zero-order valence-corrected chi connectivity index (χ0v) is 12.5. The topological polar surface area (TPSA) is 49.5 Å². The summed E-state index contributed by atoms with van der Waals surface area (Å²) < 4.78 is 5.26. The third-order valence-corrected chi connectivity index (χ3v) is 4.17. The molecule has 1 fully saturated rings. The minimum absolute atomic E-state index is 0.318. The summed E-state index contributed by atoms with van der Waals surface area (Å²) >= 11 is 0. The van der Waals surface area contributed by atoms with Crippen LogP contribution in [-0.2, 0) is 6.54 Å². The Bertz CT molecular complexity index is 577. The lowest BCUT2D eigenvalue weighted by molar-refractivity contribution is 0.183. The van der Waals surface area contributed by atoms with Crippen molar-refractivity contribution in [3.63, 3.8) is 0 Å². The quantitative estimate of drug-likeness (QED) is 0.932. The molecule has 21 heavy (non-hydrogen) atoms. The van der Waals surface area contributed by atoms with Crippen molar-refractivity contribution in [1.29, 1.82) is 0 Å². The van der Waals surface area contributed by atoms with E-state index < -0.39 is 0 Å². The van der Waals surface area contributed by atoms with Gasteiger partial charge in [-0.3, -0.25) is 4.90 Å². The van der Waals surface area contributed by atoms with Gasteiger partial charge < -0.3 is 9.63 Å². The van der Waals surface area contributed by atoms with E-state index in [9.17, 15) is 5.11 Å². The monoisotopic (exact) mass is 286 g/mol. The van der Waals surface area contributed by atoms with Gasteiger partial charge in [0, 0.05) is 12.6 Å². The summed E-state index contributed by atoms with van der Waals surface area (Å²) in [6.07, 6.45) is 4.87. The molecule has 1 N–H and O–H groups in total. The van der Waals surface area contributed by atoms with Crippen LogP contribution in [0.1, 0.15) is 48.7 Å². The molecule has 2 heterocycles. The molecular formula is C17H22N2O2. The normalized spacial score (nSPS) is 20.3. The van der Waals surface area contributed by atoms with Gasteiger partial charge in [0.15, 0.2) is 0 Å². The molecule has 1 aliphatic heterocycles. The van der Waals surface area contributed by atoms with Crippen LogP contribution in [0.3, 0.4) is 0 Å². The average Bonchev–Trinajstić information content (AvgIpc) is 2.77. The second kappa shape index (κ2) is 6.31. The van der Waals surface area contributed by atoms with Gasteiger partial charge in [0.25, 0.3) is 0 Å². The molecule has 0 radical (unpaired) electrons. The molecule has 0 bridgehead atoms. The van der Waals surface area contributed by atoms with Gasteiger partial charge in [0.2, 0.25) is 0 Å². The Hall–Kier alpha value is -1.81. The summed E-state index contributed by atoms with van der Waals surface area (Å²) in [6.45, 7) is 3.91. The van der Waals surface area contributed by atoms with Gasteiger partial charge in [-0.1, -0.05) is 30.1 Å². The molecule has 1 saturated heterocycles. The number of aryl methyl sites for hydroxylation is 1. The molecule has 0 spiro atoms. The van der Waals surface area contributed by atoms with E-state index in [-0.39, 0.29) is 0 Å². The zero-order chi connectivity index (χ0) is 14.7. The summed E-state index contributed by atoms with van der Waals surface area (Å²) in [7, 11) is 0. The van der Waals surface area contributed by atoms with Crippen LogP contribution in [0.15, 0.2) is 34.9 Å². The first-order valence-electron chi connectivity index (χ1n) is 7.67. The Labute approximate surface area is 125 Å². The molecule has 1 aromatic heterocycles. The van der Waals surface area contributed by atoms with Gasteiger partial charge in [-0.25, -0.2) is 0 Å². The van der Waals surface area contributed by atoms with Crippen LogP contribution >= 0.6 is 0 Å². The third-order valence-electron chi connectivity index (χ3n) is 4.17. The predicted molar refractivity (Wildman–Crippen MR) is 81.0 cm³/mol. The second-order valence-electron chi connectivity index (χ2n) is 5.86. The number of phenolic OH excluding ortho intramolecular Hbond substituents is 1. The van der Waals surface area contributed by atoms with Crippen LogP contribution < -0.4 is 0 Å². The maximum atomic E-state index is 9.40. The van der Waals surface area contributed by atoms with Crippen molar-refractivity contribution >= 4 is 0 Å². The highest BCUT2D eigenvalue weighted by atomic mass is 16.5. The molecule has 0 aliphatic carbocycles.